The van der Waals surface area contributed by atoms with Crippen molar-refractivity contribution in [3.8, 4) is 0 Å². The van der Waals surface area contributed by atoms with E-state index in [4.69, 9.17) is 4.74 Å². The second kappa shape index (κ2) is 6.09. The van der Waals surface area contributed by atoms with Crippen LogP contribution in [0.3, 0.4) is 0 Å². The Hall–Kier alpha value is -3.08. The van der Waals surface area contributed by atoms with Gasteiger partial charge in [0.2, 0.25) is 0 Å². The second-order valence-electron chi connectivity index (χ2n) is 6.09. The van der Waals surface area contributed by atoms with Gasteiger partial charge >= 0.3 is 5.97 Å². The molecule has 2 aromatic heterocycles. The van der Waals surface area contributed by atoms with Crippen LogP contribution in [-0.4, -0.2) is 27.5 Å². The molecular weight excluding hydrogens is 314 g/mol. The van der Waals surface area contributed by atoms with Crippen LogP contribution in [0.4, 0.5) is 0 Å². The molecule has 4 rings (SSSR count). The fourth-order valence-corrected chi connectivity index (χ4v) is 3.22. The number of nitrogens with one attached hydrogen (secondary N) is 2. The number of carbonyl (C=O) groups excluding carboxylic acids is 1. The van der Waals surface area contributed by atoms with E-state index in [1.807, 2.05) is 18.2 Å². The Morgan fingerprint density at radius 3 is 2.80 bits per heavy atom. The van der Waals surface area contributed by atoms with Crippen LogP contribution >= 0.6 is 0 Å². The first kappa shape index (κ1) is 15.4. The molecule has 0 aliphatic carbocycles. The third-order valence-corrected chi connectivity index (χ3v) is 4.41. The molecule has 0 unspecified atom stereocenters. The number of esters is 1. The number of hydrogen-bond donors (Lipinski definition) is 2. The highest BCUT2D eigenvalue weighted by Gasteiger charge is 2.13. The van der Waals surface area contributed by atoms with Crippen LogP contribution in [0.5, 0.6) is 0 Å². The van der Waals surface area contributed by atoms with Crippen molar-refractivity contribution in [1.82, 2.24) is 15.0 Å². The van der Waals surface area contributed by atoms with Crippen LogP contribution in [0.15, 0.2) is 42.5 Å². The molecule has 0 saturated carbocycles. The van der Waals surface area contributed by atoms with Crippen LogP contribution in [-0.2, 0) is 11.2 Å². The van der Waals surface area contributed by atoms with E-state index in [1.165, 1.54) is 10.9 Å². The van der Waals surface area contributed by atoms with Crippen molar-refractivity contribution in [2.75, 3.05) is 6.61 Å². The number of rotatable bonds is 4. The molecule has 2 heterocycles. The second-order valence-corrected chi connectivity index (χ2v) is 6.09. The van der Waals surface area contributed by atoms with E-state index >= 15 is 0 Å². The van der Waals surface area contributed by atoms with E-state index in [2.05, 4.69) is 34.0 Å². The van der Waals surface area contributed by atoms with Gasteiger partial charge in [-0.1, -0.05) is 18.2 Å². The summed E-state index contributed by atoms with van der Waals surface area (Å²) in [5, 5.41) is 1.22. The lowest BCUT2D eigenvalue weighted by Gasteiger charge is -2.00. The molecule has 126 valence electrons. The van der Waals surface area contributed by atoms with Gasteiger partial charge in [-0.15, -0.1) is 0 Å². The van der Waals surface area contributed by atoms with Gasteiger partial charge in [0.05, 0.1) is 23.2 Å². The van der Waals surface area contributed by atoms with Gasteiger partial charge in [0.25, 0.3) is 0 Å². The van der Waals surface area contributed by atoms with Crippen LogP contribution in [0.1, 0.15) is 34.4 Å². The standard InChI is InChI=1S/C20H19N3O2/c1-3-25-20(24)13-8-9-17-18(10-13)23-19(22-17)11-15-12(2)21-16-7-5-4-6-14(15)16/h4-10,21H,3,11H2,1-2H3,(H,22,23). The van der Waals surface area contributed by atoms with Crippen molar-refractivity contribution in [1.29, 1.82) is 0 Å². The number of aromatic amines is 2. The summed E-state index contributed by atoms with van der Waals surface area (Å²) < 4.78 is 5.06. The quantitative estimate of drug-likeness (QED) is 0.552. The molecule has 5 heteroatoms. The summed E-state index contributed by atoms with van der Waals surface area (Å²) in [7, 11) is 0. The first-order valence-electron chi connectivity index (χ1n) is 8.37. The van der Waals surface area contributed by atoms with Crippen molar-refractivity contribution < 1.29 is 9.53 Å². The van der Waals surface area contributed by atoms with Crippen LogP contribution in [0, 0.1) is 6.92 Å². The number of nitrogens with zero attached hydrogens (tertiary/aromatic N) is 1. The van der Waals surface area contributed by atoms with Crippen LogP contribution in [0.2, 0.25) is 0 Å². The molecule has 4 aromatic rings. The minimum absolute atomic E-state index is 0.312. The average molecular weight is 333 g/mol. The highest BCUT2D eigenvalue weighted by Crippen LogP contribution is 2.25. The van der Waals surface area contributed by atoms with Gasteiger partial charge in [0.15, 0.2) is 0 Å². The third-order valence-electron chi connectivity index (χ3n) is 4.41. The maximum Gasteiger partial charge on any atom is 0.338 e. The molecule has 2 aromatic carbocycles. The van der Waals surface area contributed by atoms with Crippen molar-refractivity contribution in [2.24, 2.45) is 0 Å². The predicted molar refractivity (Wildman–Crippen MR) is 97.9 cm³/mol. The number of fused-ring (bicyclic) bond motifs is 2. The molecule has 0 saturated heterocycles. The zero-order valence-electron chi connectivity index (χ0n) is 14.2. The smallest absolute Gasteiger partial charge is 0.338 e. The first-order valence-corrected chi connectivity index (χ1v) is 8.37. The Bertz CT molecular complexity index is 1080. The van der Waals surface area contributed by atoms with E-state index in [0.717, 1.165) is 28.1 Å². The molecule has 2 N–H and O–H groups in total. The molecule has 5 nitrogen and oxygen atoms in total. The SMILES string of the molecule is CCOC(=O)c1ccc2nc(Cc3c(C)[nH]c4ccccc34)[nH]c2c1. The van der Waals surface area contributed by atoms with Gasteiger partial charge in [-0.2, -0.15) is 0 Å². The molecule has 0 atom stereocenters. The Morgan fingerprint density at radius 2 is 1.96 bits per heavy atom. The van der Waals surface area contributed by atoms with E-state index < -0.39 is 0 Å². The number of hydrogen-bond acceptors (Lipinski definition) is 3. The molecule has 0 aliphatic rings. The van der Waals surface area contributed by atoms with Crippen molar-refractivity contribution in [3.05, 3.63) is 65.1 Å². The minimum atomic E-state index is -0.312. The van der Waals surface area contributed by atoms with Crippen molar-refractivity contribution in [2.45, 2.75) is 20.3 Å². The Kier molecular flexibility index (Phi) is 3.76. The molecule has 0 aliphatic heterocycles. The summed E-state index contributed by atoms with van der Waals surface area (Å²) >= 11 is 0. The highest BCUT2D eigenvalue weighted by molar-refractivity contribution is 5.93. The van der Waals surface area contributed by atoms with Crippen molar-refractivity contribution >= 4 is 27.9 Å². The molecule has 0 bridgehead atoms. The number of benzene rings is 2. The number of para-hydroxylation sites is 1. The third kappa shape index (κ3) is 2.78. The largest absolute Gasteiger partial charge is 0.462 e. The van der Waals surface area contributed by atoms with Gasteiger partial charge in [-0.05, 0) is 43.7 Å². The number of aryl methyl sites for hydroxylation is 1. The molecule has 0 spiro atoms. The molecule has 0 amide bonds. The lowest BCUT2D eigenvalue weighted by atomic mass is 10.1. The normalized spacial score (nSPS) is 11.3. The van der Waals surface area contributed by atoms with Gasteiger partial charge in [-0.3, -0.25) is 0 Å². The predicted octanol–water partition coefficient (Wildman–Crippen LogP) is 4.12. The fourth-order valence-electron chi connectivity index (χ4n) is 3.22. The minimum Gasteiger partial charge on any atom is -0.462 e. The number of carbonyl (C=O) groups is 1. The summed E-state index contributed by atoms with van der Waals surface area (Å²) in [5.41, 5.74) is 5.75. The van der Waals surface area contributed by atoms with Crippen molar-refractivity contribution in [3.63, 3.8) is 0 Å². The Labute approximate surface area is 145 Å². The zero-order chi connectivity index (χ0) is 17.4. The van der Waals surface area contributed by atoms with Crippen LogP contribution in [0.25, 0.3) is 21.9 Å². The highest BCUT2D eigenvalue weighted by atomic mass is 16.5. The van der Waals surface area contributed by atoms with Gasteiger partial charge < -0.3 is 14.7 Å². The van der Waals surface area contributed by atoms with Gasteiger partial charge in [0, 0.05) is 23.0 Å². The topological polar surface area (TPSA) is 70.8 Å². The lowest BCUT2D eigenvalue weighted by Crippen LogP contribution is -2.04. The molecule has 0 radical (unpaired) electrons. The first-order chi connectivity index (χ1) is 12.2. The van der Waals surface area contributed by atoms with Gasteiger partial charge in [0.1, 0.15) is 5.82 Å². The number of ether oxygens (including phenoxy) is 1. The van der Waals surface area contributed by atoms with E-state index in [9.17, 15) is 4.79 Å². The zero-order valence-corrected chi connectivity index (χ0v) is 14.2. The lowest BCUT2D eigenvalue weighted by molar-refractivity contribution is 0.0526. The Morgan fingerprint density at radius 1 is 1.12 bits per heavy atom. The number of aromatic nitrogens is 3. The van der Waals surface area contributed by atoms with E-state index in [-0.39, 0.29) is 5.97 Å². The summed E-state index contributed by atoms with van der Waals surface area (Å²) in [6, 6.07) is 13.7. The summed E-state index contributed by atoms with van der Waals surface area (Å²) in [4.78, 5) is 23.3. The fraction of sp³-hybridized carbons (Fsp3) is 0.200. The van der Waals surface area contributed by atoms with Gasteiger partial charge in [-0.25, -0.2) is 9.78 Å². The maximum atomic E-state index is 11.9. The monoisotopic (exact) mass is 333 g/mol. The number of imidazole rings is 1. The van der Waals surface area contributed by atoms with E-state index in [0.29, 0.717) is 18.6 Å². The summed E-state index contributed by atoms with van der Waals surface area (Å²) in [5.74, 6) is 0.567. The summed E-state index contributed by atoms with van der Waals surface area (Å²) in [6.45, 7) is 4.25. The Balaban J connectivity index is 1.70. The number of H-pyrrole nitrogens is 2. The summed E-state index contributed by atoms with van der Waals surface area (Å²) in [6.07, 6.45) is 0.708. The average Bonchev–Trinajstić information content (AvgIpc) is 3.15. The van der Waals surface area contributed by atoms with Crippen LogP contribution < -0.4 is 0 Å². The maximum absolute atomic E-state index is 11.9. The molecular formula is C20H19N3O2. The molecule has 0 fully saturated rings. The van der Waals surface area contributed by atoms with E-state index in [1.54, 1.807) is 19.1 Å². The molecule has 25 heavy (non-hydrogen) atoms.